The van der Waals surface area contributed by atoms with E-state index < -0.39 is 0 Å². The van der Waals surface area contributed by atoms with E-state index in [0.717, 1.165) is 0 Å². The van der Waals surface area contributed by atoms with E-state index in [1.807, 2.05) is 18.2 Å². The smallest absolute Gasteiger partial charge is 0.179 e. The first-order valence-corrected chi connectivity index (χ1v) is 4.78. The molecule has 1 saturated heterocycles. The largest absolute Gasteiger partial charge is 0.392 e. The van der Waals surface area contributed by atoms with Crippen molar-refractivity contribution in [3.8, 4) is 0 Å². The molecule has 1 aliphatic heterocycles. The summed E-state index contributed by atoms with van der Waals surface area (Å²) in [6, 6.07) is 8.96. The molecule has 0 radical (unpaired) electrons. The van der Waals surface area contributed by atoms with Gasteiger partial charge in [0.25, 0.3) is 0 Å². The number of hydrogen-bond donors (Lipinski definition) is 2. The Labute approximate surface area is 82.8 Å². The maximum absolute atomic E-state index is 11.8. The van der Waals surface area contributed by atoms with Gasteiger partial charge in [0.15, 0.2) is 5.78 Å². The molecular weight excluding hydrogens is 178 g/mol. The second-order valence-electron chi connectivity index (χ2n) is 3.58. The van der Waals surface area contributed by atoms with E-state index in [1.54, 1.807) is 12.1 Å². The number of carbonyl (C=O) groups excluding carboxylic acids is 1. The minimum absolute atomic E-state index is 0.0714. The molecule has 0 spiro atoms. The highest BCUT2D eigenvalue weighted by Crippen LogP contribution is 2.12. The van der Waals surface area contributed by atoms with Crippen molar-refractivity contribution in [2.24, 2.45) is 0 Å². The maximum atomic E-state index is 11.8. The number of benzene rings is 1. The van der Waals surface area contributed by atoms with Gasteiger partial charge in [-0.15, -0.1) is 0 Å². The molecule has 2 rings (SSSR count). The van der Waals surface area contributed by atoms with Gasteiger partial charge in [0.2, 0.25) is 0 Å². The van der Waals surface area contributed by atoms with E-state index in [0.29, 0.717) is 18.5 Å². The van der Waals surface area contributed by atoms with E-state index in [2.05, 4.69) is 5.32 Å². The molecule has 1 aliphatic rings. The molecule has 1 aromatic rings. The molecule has 1 aromatic carbocycles. The van der Waals surface area contributed by atoms with Crippen LogP contribution in [0.15, 0.2) is 30.3 Å². The molecule has 2 atom stereocenters. The molecule has 3 nitrogen and oxygen atoms in total. The number of nitrogens with one attached hydrogen (secondary N) is 1. The first-order valence-electron chi connectivity index (χ1n) is 4.78. The summed E-state index contributed by atoms with van der Waals surface area (Å²) >= 11 is 0. The first kappa shape index (κ1) is 9.37. The van der Waals surface area contributed by atoms with Gasteiger partial charge in [0.1, 0.15) is 0 Å². The summed E-state index contributed by atoms with van der Waals surface area (Å²) in [5.74, 6) is 0.0714. The predicted octanol–water partition coefficient (Wildman–Crippen LogP) is 0.592. The van der Waals surface area contributed by atoms with Crippen molar-refractivity contribution >= 4 is 5.78 Å². The minimum Gasteiger partial charge on any atom is -0.392 e. The average Bonchev–Trinajstić information content (AvgIpc) is 2.65. The van der Waals surface area contributed by atoms with Gasteiger partial charge in [-0.2, -0.15) is 0 Å². The molecule has 0 amide bonds. The minimum atomic E-state index is -0.382. The highest BCUT2D eigenvalue weighted by Gasteiger charge is 2.28. The van der Waals surface area contributed by atoms with Crippen molar-refractivity contribution in [2.75, 3.05) is 6.54 Å². The van der Waals surface area contributed by atoms with E-state index >= 15 is 0 Å². The monoisotopic (exact) mass is 191 g/mol. The van der Waals surface area contributed by atoms with Crippen LogP contribution in [0.1, 0.15) is 16.8 Å². The fraction of sp³-hybridized carbons (Fsp3) is 0.364. The fourth-order valence-electron chi connectivity index (χ4n) is 1.72. The summed E-state index contributed by atoms with van der Waals surface area (Å²) in [5, 5.41) is 12.3. The number of aliphatic hydroxyl groups excluding tert-OH is 1. The van der Waals surface area contributed by atoms with Crippen LogP contribution in [0.25, 0.3) is 0 Å². The molecule has 2 N–H and O–H groups in total. The van der Waals surface area contributed by atoms with E-state index in [1.165, 1.54) is 0 Å². The lowest BCUT2D eigenvalue weighted by Gasteiger charge is -2.07. The first-order chi connectivity index (χ1) is 6.77. The van der Waals surface area contributed by atoms with Crippen LogP contribution in [0.4, 0.5) is 0 Å². The molecule has 74 valence electrons. The molecule has 1 fully saturated rings. The molecule has 1 heterocycles. The van der Waals surface area contributed by atoms with Crippen molar-refractivity contribution in [2.45, 2.75) is 18.6 Å². The van der Waals surface area contributed by atoms with Crippen molar-refractivity contribution in [1.29, 1.82) is 0 Å². The number of β-amino-alcohol motifs (C(OH)–C–C–N with tert-alkyl or cyclic N) is 1. The Hall–Kier alpha value is -1.19. The Bertz CT molecular complexity index is 323. The van der Waals surface area contributed by atoms with Crippen molar-refractivity contribution in [3.05, 3.63) is 35.9 Å². The number of ketones is 1. The van der Waals surface area contributed by atoms with Crippen LogP contribution in [0.2, 0.25) is 0 Å². The quantitative estimate of drug-likeness (QED) is 0.673. The fourth-order valence-corrected chi connectivity index (χ4v) is 1.72. The van der Waals surface area contributed by atoms with Crippen LogP contribution >= 0.6 is 0 Å². The third-order valence-electron chi connectivity index (χ3n) is 2.48. The molecule has 0 aromatic heterocycles. The van der Waals surface area contributed by atoms with Crippen LogP contribution in [0.5, 0.6) is 0 Å². The summed E-state index contributed by atoms with van der Waals surface area (Å²) in [6.07, 6.45) is 0.140. The lowest BCUT2D eigenvalue weighted by Crippen LogP contribution is -2.30. The van der Waals surface area contributed by atoms with Gasteiger partial charge in [-0.3, -0.25) is 4.79 Å². The summed E-state index contributed by atoms with van der Waals surface area (Å²) in [7, 11) is 0. The van der Waals surface area contributed by atoms with E-state index in [9.17, 15) is 9.90 Å². The lowest BCUT2D eigenvalue weighted by molar-refractivity contribution is 0.0942. The molecule has 0 saturated carbocycles. The van der Waals surface area contributed by atoms with Gasteiger partial charge in [-0.05, 0) is 6.42 Å². The standard InChI is InChI=1S/C11H13NO2/c13-9-6-10(12-7-9)11(14)8-4-2-1-3-5-8/h1-5,9-10,12-13H,6-7H2/t9?,10-/m1/s1. The Balaban J connectivity index is 2.10. The Morgan fingerprint density at radius 3 is 2.64 bits per heavy atom. The number of Topliss-reactive ketones (excluding diaryl/α,β-unsaturated/α-hetero) is 1. The number of rotatable bonds is 2. The van der Waals surface area contributed by atoms with Crippen LogP contribution in [-0.4, -0.2) is 29.6 Å². The Kier molecular flexibility index (Phi) is 2.61. The highest BCUT2D eigenvalue weighted by molar-refractivity contribution is 6.00. The van der Waals surface area contributed by atoms with Gasteiger partial charge in [0, 0.05) is 12.1 Å². The van der Waals surface area contributed by atoms with Gasteiger partial charge in [0.05, 0.1) is 12.1 Å². The van der Waals surface area contributed by atoms with Gasteiger partial charge < -0.3 is 10.4 Å². The normalized spacial score (nSPS) is 26.4. The van der Waals surface area contributed by atoms with E-state index in [-0.39, 0.29) is 17.9 Å². The zero-order valence-electron chi connectivity index (χ0n) is 7.81. The number of carbonyl (C=O) groups is 1. The van der Waals surface area contributed by atoms with Crippen molar-refractivity contribution in [1.82, 2.24) is 5.32 Å². The van der Waals surface area contributed by atoms with Gasteiger partial charge in [-0.25, -0.2) is 0 Å². The summed E-state index contributed by atoms with van der Waals surface area (Å²) in [4.78, 5) is 11.8. The number of aliphatic hydroxyl groups is 1. The zero-order valence-corrected chi connectivity index (χ0v) is 7.81. The second kappa shape index (κ2) is 3.90. The summed E-state index contributed by atoms with van der Waals surface area (Å²) < 4.78 is 0. The van der Waals surface area contributed by atoms with Crippen LogP contribution in [0.3, 0.4) is 0 Å². The van der Waals surface area contributed by atoms with Crippen molar-refractivity contribution < 1.29 is 9.90 Å². The Morgan fingerprint density at radius 2 is 2.07 bits per heavy atom. The molecule has 0 aliphatic carbocycles. The zero-order chi connectivity index (χ0) is 9.97. The molecule has 3 heteroatoms. The summed E-state index contributed by atoms with van der Waals surface area (Å²) in [6.45, 7) is 0.517. The SMILES string of the molecule is O=C(c1ccccc1)[C@H]1CC(O)CN1. The van der Waals surface area contributed by atoms with Gasteiger partial charge >= 0.3 is 0 Å². The highest BCUT2D eigenvalue weighted by atomic mass is 16.3. The molecule has 0 bridgehead atoms. The molecule has 14 heavy (non-hydrogen) atoms. The van der Waals surface area contributed by atoms with E-state index in [4.69, 9.17) is 0 Å². The van der Waals surface area contributed by atoms with Crippen LogP contribution in [0, 0.1) is 0 Å². The second-order valence-corrected chi connectivity index (χ2v) is 3.58. The molecular formula is C11H13NO2. The van der Waals surface area contributed by atoms with Crippen molar-refractivity contribution in [3.63, 3.8) is 0 Å². The number of hydrogen-bond acceptors (Lipinski definition) is 3. The maximum Gasteiger partial charge on any atom is 0.179 e. The lowest BCUT2D eigenvalue weighted by atomic mass is 10.0. The Morgan fingerprint density at radius 1 is 1.36 bits per heavy atom. The third-order valence-corrected chi connectivity index (χ3v) is 2.48. The van der Waals surface area contributed by atoms with Gasteiger partial charge in [-0.1, -0.05) is 30.3 Å². The third kappa shape index (κ3) is 1.84. The molecule has 1 unspecified atom stereocenters. The topological polar surface area (TPSA) is 49.3 Å². The van der Waals surface area contributed by atoms with Crippen LogP contribution in [-0.2, 0) is 0 Å². The summed E-state index contributed by atoms with van der Waals surface area (Å²) in [5.41, 5.74) is 0.708. The van der Waals surface area contributed by atoms with Crippen LogP contribution < -0.4 is 5.32 Å². The predicted molar refractivity (Wildman–Crippen MR) is 53.2 cm³/mol. The average molecular weight is 191 g/mol.